The van der Waals surface area contributed by atoms with Gasteiger partial charge in [0.2, 0.25) is 5.91 Å². The molecule has 0 aromatic rings. The molecule has 0 aromatic carbocycles. The van der Waals surface area contributed by atoms with Crippen molar-refractivity contribution in [3.63, 3.8) is 0 Å². The summed E-state index contributed by atoms with van der Waals surface area (Å²) < 4.78 is 0. The molecule has 0 fully saturated rings. The zero-order valence-electron chi connectivity index (χ0n) is 11.6. The van der Waals surface area contributed by atoms with E-state index >= 15 is 0 Å². The Morgan fingerprint density at radius 2 is 1.81 bits per heavy atom. The van der Waals surface area contributed by atoms with E-state index in [0.717, 1.165) is 0 Å². The minimum atomic E-state index is -1.08. The number of allylic oxidation sites excluding steroid dienone is 1. The van der Waals surface area contributed by atoms with Gasteiger partial charge in [0.25, 0.3) is 0 Å². The van der Waals surface area contributed by atoms with Crippen LogP contribution in [0.3, 0.4) is 0 Å². The van der Waals surface area contributed by atoms with Crippen LogP contribution in [0.25, 0.3) is 0 Å². The molecule has 0 spiro atoms. The Kier molecular flexibility index (Phi) is 16.8. The average Bonchev–Trinajstić information content (AvgIpc) is 2.01. The Labute approximate surface area is 127 Å². The van der Waals surface area contributed by atoms with Gasteiger partial charge in [0.05, 0.1) is 12.2 Å². The molecule has 0 aliphatic carbocycles. The molecule has 1 amide bonds. The van der Waals surface area contributed by atoms with Gasteiger partial charge in [0.15, 0.2) is 0 Å². The summed E-state index contributed by atoms with van der Waals surface area (Å²) in [6.45, 7) is 6.01. The second-order valence-electron chi connectivity index (χ2n) is 2.85. The monoisotopic (exact) mass is 261 g/mol. The number of amides is 1. The van der Waals surface area contributed by atoms with Gasteiger partial charge in [-0.2, -0.15) is 0 Å². The number of hydrogen-bond donors (Lipinski definition) is 4. The second kappa shape index (κ2) is 12.8. The van der Waals surface area contributed by atoms with Crippen molar-refractivity contribution in [2.75, 3.05) is 6.54 Å². The van der Waals surface area contributed by atoms with Crippen molar-refractivity contribution in [1.82, 2.24) is 5.32 Å². The molecule has 16 heavy (non-hydrogen) atoms. The predicted molar refractivity (Wildman–Crippen MR) is 62.4 cm³/mol. The largest absolute Gasteiger partial charge is 2.00 e. The van der Waals surface area contributed by atoms with Crippen LogP contribution in [0.2, 0.25) is 0 Å². The number of aliphatic carboxylic acids is 1. The Morgan fingerprint density at radius 1 is 1.44 bits per heavy atom. The molecule has 0 bridgehead atoms. The average molecular weight is 261 g/mol. The molecule has 1 unspecified atom stereocenters. The number of carbonyl (C=O) groups is 2. The molecule has 92 valence electrons. The first kappa shape index (κ1) is 21.0. The summed E-state index contributed by atoms with van der Waals surface area (Å²) in [6, 6.07) is 0. The number of aliphatic hydroxyl groups is 2. The molecule has 4 N–H and O–H groups in total. The zero-order chi connectivity index (χ0) is 12.4. The van der Waals surface area contributed by atoms with E-state index in [1.54, 1.807) is 0 Å². The van der Waals surface area contributed by atoms with Crippen LogP contribution >= 0.6 is 0 Å². The first-order chi connectivity index (χ1) is 6.77. The molecule has 0 saturated carbocycles. The summed E-state index contributed by atoms with van der Waals surface area (Å²) in [5.74, 6) is -1.36. The van der Waals surface area contributed by atoms with E-state index in [0.29, 0.717) is 0 Å². The maximum atomic E-state index is 10.6. The molecule has 0 aliphatic heterocycles. The fourth-order valence-corrected chi connectivity index (χ4v) is 0.440. The van der Waals surface area contributed by atoms with Crippen LogP contribution in [0.4, 0.5) is 0 Å². The fraction of sp³-hybridized carbons (Fsp3) is 0.556. The van der Waals surface area contributed by atoms with Gasteiger partial charge >= 0.3 is 43.7 Å². The molecule has 0 heterocycles. The van der Waals surface area contributed by atoms with E-state index in [9.17, 15) is 9.59 Å². The van der Waals surface area contributed by atoms with Crippen LogP contribution in [0, 0.1) is 0 Å². The minimum absolute atomic E-state index is 0. The minimum Gasteiger partial charge on any atom is -1.00 e. The number of carboxylic acids is 1. The molecular weight excluding hydrogens is 242 g/mol. The van der Waals surface area contributed by atoms with E-state index in [1.807, 2.05) is 0 Å². The summed E-state index contributed by atoms with van der Waals surface area (Å²) in [6.07, 6.45) is -1.21. The van der Waals surface area contributed by atoms with Crippen LogP contribution in [-0.4, -0.2) is 77.6 Å². The second-order valence-corrected chi connectivity index (χ2v) is 2.85. The predicted octanol–water partition coefficient (Wildman–Crippen LogP) is -0.120. The first-order valence-electron chi connectivity index (χ1n) is 4.29. The normalized spacial score (nSPS) is 9.94. The molecule has 0 saturated heterocycles. The fourth-order valence-electron chi connectivity index (χ4n) is 0.440. The summed E-state index contributed by atoms with van der Waals surface area (Å²) in [5.41, 5.74) is 0. The Bertz CT molecular complexity index is 235. The SMILES string of the molecule is C=C(C)O.CC(O)C(=O)NCCC(=O)O.[Ca+2].[H-].[H-]. The number of hydrogen-bond acceptors (Lipinski definition) is 4. The summed E-state index contributed by atoms with van der Waals surface area (Å²) in [4.78, 5) is 20.5. The van der Waals surface area contributed by atoms with Gasteiger partial charge in [0, 0.05) is 6.54 Å². The summed E-state index contributed by atoms with van der Waals surface area (Å²) in [5, 5.41) is 26.9. The quantitative estimate of drug-likeness (QED) is 0.417. The molecular formula is C9H19CaNO5. The molecule has 0 aliphatic rings. The van der Waals surface area contributed by atoms with Gasteiger partial charge < -0.3 is 23.5 Å². The summed E-state index contributed by atoms with van der Waals surface area (Å²) in [7, 11) is 0. The third kappa shape index (κ3) is 23.5. The van der Waals surface area contributed by atoms with E-state index in [-0.39, 0.29) is 59.3 Å². The van der Waals surface area contributed by atoms with Gasteiger partial charge in [-0.25, -0.2) is 0 Å². The van der Waals surface area contributed by atoms with Crippen molar-refractivity contribution in [3.8, 4) is 0 Å². The van der Waals surface area contributed by atoms with Gasteiger partial charge in [0.1, 0.15) is 6.10 Å². The van der Waals surface area contributed by atoms with E-state index < -0.39 is 18.0 Å². The smallest absolute Gasteiger partial charge is 1.00 e. The number of nitrogens with one attached hydrogen (secondary N) is 1. The van der Waals surface area contributed by atoms with E-state index in [4.69, 9.17) is 15.3 Å². The summed E-state index contributed by atoms with van der Waals surface area (Å²) >= 11 is 0. The zero-order valence-corrected chi connectivity index (χ0v) is 11.8. The van der Waals surface area contributed by atoms with Crippen LogP contribution in [-0.2, 0) is 9.59 Å². The molecule has 0 aromatic heterocycles. The van der Waals surface area contributed by atoms with Crippen molar-refractivity contribution in [2.45, 2.75) is 26.4 Å². The van der Waals surface area contributed by atoms with Crippen LogP contribution in [0.5, 0.6) is 0 Å². The standard InChI is InChI=1S/C6H11NO4.C3H6O.Ca.2H/c1-4(8)6(11)7-3-2-5(9)10;1-3(2)4;;;/h4,8H,2-3H2,1H3,(H,7,11)(H,9,10);4H,1H2,2H3;;;/q;;+2;2*-1. The maximum absolute atomic E-state index is 10.6. The number of aliphatic hydroxyl groups excluding tert-OH is 2. The first-order valence-corrected chi connectivity index (χ1v) is 4.29. The molecule has 6 nitrogen and oxygen atoms in total. The van der Waals surface area contributed by atoms with Crippen molar-refractivity contribution in [3.05, 3.63) is 12.3 Å². The molecule has 1 atom stereocenters. The topological polar surface area (TPSA) is 107 Å². The van der Waals surface area contributed by atoms with Gasteiger partial charge in [-0.1, -0.05) is 6.58 Å². The van der Waals surface area contributed by atoms with Crippen LogP contribution in [0.1, 0.15) is 23.1 Å². The third-order valence-corrected chi connectivity index (χ3v) is 1.02. The number of carboxylic acid groups (broad SMARTS) is 1. The Hall–Kier alpha value is -0.300. The van der Waals surface area contributed by atoms with E-state index in [2.05, 4.69) is 11.9 Å². The molecule has 0 rings (SSSR count). The number of carbonyl (C=O) groups excluding carboxylic acids is 1. The Morgan fingerprint density at radius 3 is 2.06 bits per heavy atom. The van der Waals surface area contributed by atoms with E-state index in [1.165, 1.54) is 13.8 Å². The van der Waals surface area contributed by atoms with Crippen molar-refractivity contribution in [1.29, 1.82) is 0 Å². The van der Waals surface area contributed by atoms with Gasteiger partial charge in [-0.3, -0.25) is 9.59 Å². The van der Waals surface area contributed by atoms with Crippen LogP contribution in [0.15, 0.2) is 12.3 Å². The van der Waals surface area contributed by atoms with Gasteiger partial charge in [-0.15, -0.1) is 0 Å². The third-order valence-electron chi connectivity index (χ3n) is 1.02. The maximum Gasteiger partial charge on any atom is 2.00 e. The number of rotatable bonds is 4. The molecule has 7 heteroatoms. The van der Waals surface area contributed by atoms with Gasteiger partial charge in [-0.05, 0) is 13.8 Å². The molecule has 0 radical (unpaired) electrons. The van der Waals surface area contributed by atoms with Crippen molar-refractivity contribution < 1.29 is 27.8 Å². The van der Waals surface area contributed by atoms with Crippen molar-refractivity contribution >= 4 is 49.6 Å². The van der Waals surface area contributed by atoms with Crippen molar-refractivity contribution in [2.24, 2.45) is 0 Å². The Balaban J connectivity index is -0.0000000712. The van der Waals surface area contributed by atoms with Crippen LogP contribution < -0.4 is 5.32 Å².